The lowest BCUT2D eigenvalue weighted by Crippen LogP contribution is -2.11. The number of aromatic amines is 2. The van der Waals surface area contributed by atoms with Crippen molar-refractivity contribution >= 4 is 22.1 Å². The molecular formula is C26H22N8. The molecule has 8 nitrogen and oxygen atoms in total. The summed E-state index contributed by atoms with van der Waals surface area (Å²) in [5.41, 5.74) is 8.48. The number of hydrogen-bond donors (Lipinski definition) is 3. The zero-order chi connectivity index (χ0) is 22.9. The van der Waals surface area contributed by atoms with Crippen molar-refractivity contribution in [2.75, 3.05) is 6.54 Å². The Morgan fingerprint density at radius 1 is 0.824 bits per heavy atom. The van der Waals surface area contributed by atoms with Crippen molar-refractivity contribution in [2.24, 2.45) is 0 Å². The van der Waals surface area contributed by atoms with Crippen LogP contribution in [0.15, 0.2) is 73.6 Å². The highest BCUT2D eigenvalue weighted by Crippen LogP contribution is 2.33. The summed E-state index contributed by atoms with van der Waals surface area (Å²) in [6.45, 7) is 3.79. The summed E-state index contributed by atoms with van der Waals surface area (Å²) in [5, 5.41) is 12.9. The molecule has 0 spiro atoms. The molecule has 0 atom stereocenters. The van der Waals surface area contributed by atoms with E-state index in [-0.39, 0.29) is 0 Å². The van der Waals surface area contributed by atoms with Crippen molar-refractivity contribution in [2.45, 2.75) is 13.5 Å². The molecule has 0 amide bonds. The number of aromatic nitrogens is 7. The van der Waals surface area contributed by atoms with Crippen LogP contribution in [0.5, 0.6) is 0 Å². The van der Waals surface area contributed by atoms with Gasteiger partial charge in [-0.15, -0.1) is 0 Å². The van der Waals surface area contributed by atoms with Crippen LogP contribution in [0.3, 0.4) is 0 Å². The van der Waals surface area contributed by atoms with Gasteiger partial charge >= 0.3 is 0 Å². The summed E-state index contributed by atoms with van der Waals surface area (Å²) in [4.78, 5) is 21.3. The maximum absolute atomic E-state index is 4.62. The van der Waals surface area contributed by atoms with E-state index in [1.165, 1.54) is 0 Å². The van der Waals surface area contributed by atoms with E-state index in [4.69, 9.17) is 0 Å². The highest BCUT2D eigenvalue weighted by molar-refractivity contribution is 5.99. The highest BCUT2D eigenvalue weighted by Gasteiger charge is 2.15. The summed E-state index contributed by atoms with van der Waals surface area (Å²) in [6, 6.07) is 12.3. The molecule has 166 valence electrons. The molecule has 6 aromatic rings. The monoisotopic (exact) mass is 446 g/mol. The minimum absolute atomic E-state index is 0.731. The standard InChI is InChI=1S/C26H22N8/c1-2-27-11-16-8-18(14-29-12-16)19-9-22-24(33-34-26(22)31-15-19)23-10-21-20(5-7-30-25(21)32-23)17-4-3-6-28-13-17/h3-10,12-15,27H,2,11H2,1H3,(H,30,32)(H,31,33,34). The quantitative estimate of drug-likeness (QED) is 0.341. The van der Waals surface area contributed by atoms with Crippen molar-refractivity contribution in [3.05, 3.63) is 79.1 Å². The average molecular weight is 447 g/mol. The molecule has 0 aliphatic carbocycles. The Bertz CT molecular complexity index is 1600. The van der Waals surface area contributed by atoms with Crippen molar-refractivity contribution in [1.29, 1.82) is 0 Å². The Labute approximate surface area is 195 Å². The van der Waals surface area contributed by atoms with Gasteiger partial charge in [0.15, 0.2) is 5.65 Å². The van der Waals surface area contributed by atoms with Gasteiger partial charge in [-0.25, -0.2) is 9.97 Å². The summed E-state index contributed by atoms with van der Waals surface area (Å²) < 4.78 is 0. The Hall–Kier alpha value is -4.43. The first-order chi connectivity index (χ1) is 16.8. The zero-order valence-corrected chi connectivity index (χ0v) is 18.6. The Morgan fingerprint density at radius 2 is 1.74 bits per heavy atom. The van der Waals surface area contributed by atoms with E-state index in [2.05, 4.69) is 65.6 Å². The van der Waals surface area contributed by atoms with Crippen LogP contribution in [-0.2, 0) is 6.54 Å². The van der Waals surface area contributed by atoms with E-state index >= 15 is 0 Å². The number of rotatable bonds is 6. The maximum Gasteiger partial charge on any atom is 0.155 e. The fraction of sp³-hybridized carbons (Fsp3) is 0.115. The Balaban J connectivity index is 1.44. The fourth-order valence-corrected chi connectivity index (χ4v) is 4.21. The molecular weight excluding hydrogens is 424 g/mol. The molecule has 0 saturated carbocycles. The molecule has 0 fully saturated rings. The van der Waals surface area contributed by atoms with Gasteiger partial charge < -0.3 is 10.3 Å². The maximum atomic E-state index is 4.62. The molecule has 8 heteroatoms. The molecule has 3 N–H and O–H groups in total. The summed E-state index contributed by atoms with van der Waals surface area (Å²) >= 11 is 0. The third kappa shape index (κ3) is 3.60. The van der Waals surface area contributed by atoms with E-state index in [0.717, 1.165) is 74.4 Å². The predicted molar refractivity (Wildman–Crippen MR) is 133 cm³/mol. The van der Waals surface area contributed by atoms with Gasteiger partial charge in [0.05, 0.1) is 5.69 Å². The number of H-pyrrole nitrogens is 2. The number of pyridine rings is 4. The molecule has 0 unspecified atom stereocenters. The van der Waals surface area contributed by atoms with Gasteiger partial charge in [-0.1, -0.05) is 13.0 Å². The van der Waals surface area contributed by atoms with Crippen molar-refractivity contribution < 1.29 is 0 Å². The van der Waals surface area contributed by atoms with Gasteiger partial charge in [0.1, 0.15) is 11.3 Å². The van der Waals surface area contributed by atoms with Crippen LogP contribution in [0.25, 0.3) is 55.7 Å². The van der Waals surface area contributed by atoms with Crippen molar-refractivity contribution in [3.8, 4) is 33.6 Å². The molecule has 0 bridgehead atoms. The number of nitrogens with zero attached hydrogens (tertiary/aromatic N) is 5. The summed E-state index contributed by atoms with van der Waals surface area (Å²) in [5.74, 6) is 0. The van der Waals surface area contributed by atoms with Gasteiger partial charge in [0.2, 0.25) is 0 Å². The van der Waals surface area contributed by atoms with Crippen LogP contribution in [0.2, 0.25) is 0 Å². The van der Waals surface area contributed by atoms with Gasteiger partial charge in [-0.3, -0.25) is 15.1 Å². The first-order valence-electron chi connectivity index (χ1n) is 11.2. The topological polar surface area (TPSA) is 108 Å². The van der Waals surface area contributed by atoms with Crippen LogP contribution < -0.4 is 5.32 Å². The highest BCUT2D eigenvalue weighted by atomic mass is 15.2. The second kappa shape index (κ2) is 8.49. The third-order valence-electron chi connectivity index (χ3n) is 5.88. The van der Waals surface area contributed by atoms with Gasteiger partial charge in [0.25, 0.3) is 0 Å². The molecule has 0 radical (unpaired) electrons. The third-order valence-corrected chi connectivity index (χ3v) is 5.88. The van der Waals surface area contributed by atoms with Gasteiger partial charge in [-0.2, -0.15) is 5.10 Å². The molecule has 0 saturated heterocycles. The van der Waals surface area contributed by atoms with E-state index < -0.39 is 0 Å². The molecule has 0 aromatic carbocycles. The summed E-state index contributed by atoms with van der Waals surface area (Å²) in [6.07, 6.45) is 11.0. The average Bonchev–Trinajstić information content (AvgIpc) is 3.51. The number of fused-ring (bicyclic) bond motifs is 2. The van der Waals surface area contributed by atoms with Crippen molar-refractivity contribution in [1.82, 2.24) is 40.4 Å². The normalized spacial score (nSPS) is 11.4. The van der Waals surface area contributed by atoms with Gasteiger partial charge in [-0.05, 0) is 48.0 Å². The molecule has 0 aliphatic rings. The lowest BCUT2D eigenvalue weighted by Gasteiger charge is -2.05. The lowest BCUT2D eigenvalue weighted by molar-refractivity contribution is 0.724. The minimum Gasteiger partial charge on any atom is -0.338 e. The minimum atomic E-state index is 0.731. The fourth-order valence-electron chi connectivity index (χ4n) is 4.21. The molecule has 34 heavy (non-hydrogen) atoms. The second-order valence-electron chi connectivity index (χ2n) is 8.10. The zero-order valence-electron chi connectivity index (χ0n) is 18.6. The first-order valence-corrected chi connectivity index (χ1v) is 11.2. The van der Waals surface area contributed by atoms with Crippen LogP contribution in [-0.4, -0.2) is 41.7 Å². The molecule has 0 aliphatic heterocycles. The van der Waals surface area contributed by atoms with E-state index in [9.17, 15) is 0 Å². The largest absolute Gasteiger partial charge is 0.338 e. The van der Waals surface area contributed by atoms with Crippen LogP contribution in [0.1, 0.15) is 12.5 Å². The van der Waals surface area contributed by atoms with Crippen LogP contribution in [0, 0.1) is 0 Å². The first kappa shape index (κ1) is 20.2. The number of hydrogen-bond acceptors (Lipinski definition) is 6. The van der Waals surface area contributed by atoms with E-state index in [0.29, 0.717) is 0 Å². The lowest BCUT2D eigenvalue weighted by atomic mass is 10.0. The molecule has 6 aromatic heterocycles. The van der Waals surface area contributed by atoms with Crippen molar-refractivity contribution in [3.63, 3.8) is 0 Å². The SMILES string of the molecule is CCNCc1cncc(-c2cnc3[nH]nc(-c4cc5c(-c6cccnc6)ccnc5[nH]4)c3c2)c1. The number of nitrogens with one attached hydrogen (secondary N) is 3. The van der Waals surface area contributed by atoms with E-state index in [1.54, 1.807) is 12.4 Å². The smallest absolute Gasteiger partial charge is 0.155 e. The molecule has 6 rings (SSSR count). The van der Waals surface area contributed by atoms with E-state index in [1.807, 2.05) is 43.0 Å². The molecule has 6 heterocycles. The Morgan fingerprint density at radius 3 is 2.62 bits per heavy atom. The second-order valence-corrected chi connectivity index (χ2v) is 8.10. The predicted octanol–water partition coefficient (Wildman–Crippen LogP) is 4.73. The van der Waals surface area contributed by atoms with Crippen LogP contribution >= 0.6 is 0 Å². The summed E-state index contributed by atoms with van der Waals surface area (Å²) in [7, 11) is 0. The van der Waals surface area contributed by atoms with Gasteiger partial charge in [0, 0.05) is 71.2 Å². The van der Waals surface area contributed by atoms with Crippen LogP contribution in [0.4, 0.5) is 0 Å². The Kier molecular flexibility index (Phi) is 5.04.